The highest BCUT2D eigenvalue weighted by Gasteiger charge is 2.25. The summed E-state index contributed by atoms with van der Waals surface area (Å²) in [5, 5.41) is 9.53. The lowest BCUT2D eigenvalue weighted by Gasteiger charge is -2.23. The van der Waals surface area contributed by atoms with E-state index in [-0.39, 0.29) is 5.75 Å². The summed E-state index contributed by atoms with van der Waals surface area (Å²) < 4.78 is 13.8. The molecular formula is C10H11BrClFO. The van der Waals surface area contributed by atoms with Crippen molar-refractivity contribution >= 4 is 27.5 Å². The molecular weight excluding hydrogens is 270 g/mol. The highest BCUT2D eigenvalue weighted by atomic mass is 79.9. The number of aromatic hydroxyl groups is 1. The zero-order chi connectivity index (χ0) is 10.9. The van der Waals surface area contributed by atoms with Crippen molar-refractivity contribution in [3.05, 3.63) is 28.0 Å². The average Bonchev–Trinajstić information content (AvgIpc) is 2.11. The lowest BCUT2D eigenvalue weighted by Crippen LogP contribution is -2.19. The van der Waals surface area contributed by atoms with Gasteiger partial charge in [0, 0.05) is 21.3 Å². The van der Waals surface area contributed by atoms with Gasteiger partial charge in [-0.2, -0.15) is 0 Å². The predicted octanol–water partition coefficient (Wildman–Crippen LogP) is 3.81. The molecule has 4 heteroatoms. The number of hydrogen-bond acceptors (Lipinski definition) is 1. The van der Waals surface area contributed by atoms with Crippen LogP contribution < -0.4 is 0 Å². The third-order valence-corrected chi connectivity index (χ3v) is 3.22. The van der Waals surface area contributed by atoms with Crippen LogP contribution in [-0.4, -0.2) is 11.0 Å². The molecule has 0 saturated heterocycles. The minimum atomic E-state index is -0.632. The van der Waals surface area contributed by atoms with Crippen molar-refractivity contribution in [1.82, 2.24) is 0 Å². The molecule has 1 aromatic carbocycles. The van der Waals surface area contributed by atoms with E-state index in [2.05, 4.69) is 15.9 Å². The van der Waals surface area contributed by atoms with Crippen LogP contribution in [0.1, 0.15) is 19.4 Å². The molecule has 0 atom stereocenters. The summed E-state index contributed by atoms with van der Waals surface area (Å²) in [4.78, 5) is 0. The molecule has 0 bridgehead atoms. The van der Waals surface area contributed by atoms with Crippen molar-refractivity contribution in [3.63, 3.8) is 0 Å². The lowest BCUT2D eigenvalue weighted by molar-refractivity contribution is 0.410. The van der Waals surface area contributed by atoms with Crippen LogP contribution >= 0.6 is 27.5 Å². The fourth-order valence-corrected chi connectivity index (χ4v) is 1.73. The molecule has 0 aliphatic rings. The molecule has 0 unspecified atom stereocenters. The van der Waals surface area contributed by atoms with Crippen LogP contribution in [-0.2, 0) is 5.41 Å². The number of phenolic OH excluding ortho intramolecular Hbond substituents is 1. The second kappa shape index (κ2) is 4.07. The van der Waals surface area contributed by atoms with E-state index in [1.165, 1.54) is 6.07 Å². The Morgan fingerprint density at radius 2 is 2.07 bits per heavy atom. The van der Waals surface area contributed by atoms with Crippen LogP contribution in [0.15, 0.2) is 16.6 Å². The summed E-state index contributed by atoms with van der Waals surface area (Å²) in [6.07, 6.45) is 0. The maximum atomic E-state index is 13.2. The molecule has 0 spiro atoms. The number of benzene rings is 1. The first-order chi connectivity index (χ1) is 6.38. The fourth-order valence-electron chi connectivity index (χ4n) is 1.15. The minimum absolute atomic E-state index is 0.316. The quantitative estimate of drug-likeness (QED) is 0.817. The summed E-state index contributed by atoms with van der Waals surface area (Å²) in [5.74, 6) is -0.636. The van der Waals surface area contributed by atoms with Gasteiger partial charge in [0.05, 0.1) is 0 Å². The topological polar surface area (TPSA) is 20.2 Å². The fraction of sp³-hybridized carbons (Fsp3) is 0.400. The van der Waals surface area contributed by atoms with Gasteiger partial charge in [0.1, 0.15) is 0 Å². The Hall–Kier alpha value is -0.280. The molecule has 1 rings (SSSR count). The van der Waals surface area contributed by atoms with Gasteiger partial charge in [0.25, 0.3) is 0 Å². The number of hydrogen-bond donors (Lipinski definition) is 1. The van der Waals surface area contributed by atoms with E-state index in [1.54, 1.807) is 6.07 Å². The SMILES string of the molecule is CC(C)(CCl)c1cc(Br)cc(F)c1O. The third kappa shape index (κ3) is 2.20. The Morgan fingerprint density at radius 3 is 2.57 bits per heavy atom. The third-order valence-electron chi connectivity index (χ3n) is 2.09. The summed E-state index contributed by atoms with van der Waals surface area (Å²) in [7, 11) is 0. The zero-order valence-electron chi connectivity index (χ0n) is 7.94. The number of phenols is 1. The van der Waals surface area contributed by atoms with Gasteiger partial charge in [0.15, 0.2) is 11.6 Å². The number of alkyl halides is 1. The first-order valence-corrected chi connectivity index (χ1v) is 5.45. The van der Waals surface area contributed by atoms with Gasteiger partial charge in [0.2, 0.25) is 0 Å². The van der Waals surface area contributed by atoms with Crippen LogP contribution in [0.4, 0.5) is 4.39 Å². The Kier molecular flexibility index (Phi) is 3.43. The van der Waals surface area contributed by atoms with Gasteiger partial charge in [-0.1, -0.05) is 29.8 Å². The van der Waals surface area contributed by atoms with E-state index < -0.39 is 11.2 Å². The van der Waals surface area contributed by atoms with Crippen molar-refractivity contribution in [1.29, 1.82) is 0 Å². The van der Waals surface area contributed by atoms with Gasteiger partial charge in [-0.05, 0) is 12.1 Å². The molecule has 0 fully saturated rings. The van der Waals surface area contributed by atoms with E-state index in [1.807, 2.05) is 13.8 Å². The largest absolute Gasteiger partial charge is 0.505 e. The maximum Gasteiger partial charge on any atom is 0.166 e. The summed E-state index contributed by atoms with van der Waals surface area (Å²) >= 11 is 8.93. The number of rotatable bonds is 2. The molecule has 14 heavy (non-hydrogen) atoms. The van der Waals surface area contributed by atoms with Gasteiger partial charge in [-0.15, -0.1) is 11.6 Å². The van der Waals surface area contributed by atoms with E-state index in [0.717, 1.165) is 0 Å². The normalized spacial score (nSPS) is 11.8. The van der Waals surface area contributed by atoms with Crippen molar-refractivity contribution in [2.45, 2.75) is 19.3 Å². The second-order valence-corrected chi connectivity index (χ2v) is 4.98. The Bertz CT molecular complexity index is 352. The van der Waals surface area contributed by atoms with Crippen molar-refractivity contribution in [2.75, 3.05) is 5.88 Å². The van der Waals surface area contributed by atoms with Crippen LogP contribution in [0.5, 0.6) is 5.75 Å². The van der Waals surface area contributed by atoms with E-state index in [9.17, 15) is 9.50 Å². The predicted molar refractivity (Wildman–Crippen MR) is 59.5 cm³/mol. The van der Waals surface area contributed by atoms with Gasteiger partial charge in [-0.25, -0.2) is 4.39 Å². The van der Waals surface area contributed by atoms with Gasteiger partial charge >= 0.3 is 0 Å². The molecule has 0 amide bonds. The standard InChI is InChI=1S/C10H11BrClFO/c1-10(2,5-12)7-3-6(11)4-8(13)9(7)14/h3-4,14H,5H2,1-2H3. The maximum absolute atomic E-state index is 13.2. The van der Waals surface area contributed by atoms with Crippen LogP contribution in [0.25, 0.3) is 0 Å². The van der Waals surface area contributed by atoms with E-state index in [0.29, 0.717) is 15.9 Å². The molecule has 0 aromatic heterocycles. The van der Waals surface area contributed by atoms with Crippen LogP contribution in [0, 0.1) is 5.82 Å². The smallest absolute Gasteiger partial charge is 0.166 e. The van der Waals surface area contributed by atoms with Crippen molar-refractivity contribution in [2.24, 2.45) is 0 Å². The molecule has 1 aromatic rings. The molecule has 0 aliphatic carbocycles. The van der Waals surface area contributed by atoms with Crippen molar-refractivity contribution < 1.29 is 9.50 Å². The Labute approximate surface area is 96.0 Å². The summed E-state index contributed by atoms with van der Waals surface area (Å²) in [5.41, 5.74) is 0.0652. The first kappa shape index (κ1) is 11.8. The minimum Gasteiger partial charge on any atom is -0.505 e. The van der Waals surface area contributed by atoms with Gasteiger partial charge < -0.3 is 5.11 Å². The molecule has 1 nitrogen and oxygen atoms in total. The highest BCUT2D eigenvalue weighted by Crippen LogP contribution is 2.35. The molecule has 0 radical (unpaired) electrons. The first-order valence-electron chi connectivity index (χ1n) is 4.13. The second-order valence-electron chi connectivity index (χ2n) is 3.80. The summed E-state index contributed by atoms with van der Waals surface area (Å²) in [6, 6.07) is 2.91. The molecule has 0 saturated carbocycles. The molecule has 78 valence electrons. The average molecular weight is 282 g/mol. The molecule has 0 heterocycles. The summed E-state index contributed by atoms with van der Waals surface area (Å²) in [6.45, 7) is 3.70. The Balaban J connectivity index is 3.34. The van der Waals surface area contributed by atoms with Crippen molar-refractivity contribution in [3.8, 4) is 5.75 Å². The zero-order valence-corrected chi connectivity index (χ0v) is 10.3. The molecule has 1 N–H and O–H groups in total. The number of halogens is 3. The Morgan fingerprint density at radius 1 is 1.50 bits per heavy atom. The monoisotopic (exact) mass is 280 g/mol. The highest BCUT2D eigenvalue weighted by molar-refractivity contribution is 9.10. The van der Waals surface area contributed by atoms with Crippen LogP contribution in [0.3, 0.4) is 0 Å². The lowest BCUT2D eigenvalue weighted by atomic mass is 9.86. The van der Waals surface area contributed by atoms with Crippen LogP contribution in [0.2, 0.25) is 0 Å². The van der Waals surface area contributed by atoms with Gasteiger partial charge in [-0.3, -0.25) is 0 Å². The van der Waals surface area contributed by atoms with E-state index in [4.69, 9.17) is 11.6 Å². The molecule has 0 aliphatic heterocycles. The van der Waals surface area contributed by atoms with E-state index >= 15 is 0 Å².